The van der Waals surface area contributed by atoms with Crippen LogP contribution in [0.1, 0.15) is 10.4 Å². The van der Waals surface area contributed by atoms with E-state index in [2.05, 4.69) is 15.0 Å². The molecular weight excluding hydrogens is 392 g/mol. The lowest BCUT2D eigenvalue weighted by Crippen LogP contribution is -2.16. The van der Waals surface area contributed by atoms with E-state index in [0.717, 1.165) is 12.1 Å². The molecule has 0 spiro atoms. The van der Waals surface area contributed by atoms with Crippen molar-refractivity contribution in [2.24, 2.45) is 0 Å². The Bertz CT molecular complexity index is 1100. The molecule has 0 saturated carbocycles. The van der Waals surface area contributed by atoms with E-state index < -0.39 is 31.4 Å². The first-order valence-electron chi connectivity index (χ1n) is 7.44. The van der Waals surface area contributed by atoms with Gasteiger partial charge < -0.3 is 0 Å². The highest BCUT2D eigenvalue weighted by Gasteiger charge is 2.25. The molecular formula is C16H12N4O5S2. The Hall–Kier alpha value is -3.31. The van der Waals surface area contributed by atoms with E-state index in [1.807, 2.05) is 0 Å². The summed E-state index contributed by atoms with van der Waals surface area (Å²) in [5.74, 6) is -0.461. The third-order valence-corrected chi connectivity index (χ3v) is 5.50. The number of carbonyl (C=O) groups excluding carboxylic acids is 1. The number of nitro benzene ring substituents is 1. The summed E-state index contributed by atoms with van der Waals surface area (Å²) in [7, 11) is -4.22. The number of thiazole rings is 1. The molecule has 0 saturated heterocycles. The number of amides is 1. The lowest BCUT2D eigenvalue weighted by atomic mass is 10.2. The van der Waals surface area contributed by atoms with Crippen LogP contribution < -0.4 is 10.0 Å². The fraction of sp³-hybridized carbons (Fsp3) is 0. The van der Waals surface area contributed by atoms with Crippen molar-refractivity contribution in [3.05, 3.63) is 75.8 Å². The number of nitrogens with one attached hydrogen (secondary N) is 2. The summed E-state index contributed by atoms with van der Waals surface area (Å²) in [4.78, 5) is 26.0. The van der Waals surface area contributed by atoms with E-state index in [9.17, 15) is 23.3 Å². The van der Waals surface area contributed by atoms with Crippen LogP contribution in [0.5, 0.6) is 0 Å². The number of nitrogens with zero attached hydrogens (tertiary/aromatic N) is 2. The maximum atomic E-state index is 12.5. The van der Waals surface area contributed by atoms with Crippen LogP contribution in [0.25, 0.3) is 0 Å². The van der Waals surface area contributed by atoms with Gasteiger partial charge >= 0.3 is 0 Å². The summed E-state index contributed by atoms with van der Waals surface area (Å²) in [6.07, 6.45) is 1.54. The number of aromatic nitrogens is 1. The first-order valence-corrected chi connectivity index (χ1v) is 9.80. The van der Waals surface area contributed by atoms with Crippen LogP contribution in [0, 0.1) is 10.1 Å². The average molecular weight is 404 g/mol. The Morgan fingerprint density at radius 1 is 1.15 bits per heavy atom. The Morgan fingerprint density at radius 3 is 2.63 bits per heavy atom. The van der Waals surface area contributed by atoms with Gasteiger partial charge in [0.15, 0.2) is 10.0 Å². The minimum atomic E-state index is -4.22. The minimum absolute atomic E-state index is 0.0972. The third-order valence-electron chi connectivity index (χ3n) is 3.38. The van der Waals surface area contributed by atoms with Gasteiger partial charge in [-0.3, -0.25) is 24.9 Å². The van der Waals surface area contributed by atoms with Gasteiger partial charge in [0, 0.05) is 28.9 Å². The molecule has 1 aromatic heterocycles. The first kappa shape index (κ1) is 18.5. The SMILES string of the molecule is O=C(Nc1nccs1)c1cccc(NS(=O)(=O)c2ccccc2[N+](=O)[O-])c1. The van der Waals surface area contributed by atoms with Crippen LogP contribution in [0.2, 0.25) is 0 Å². The molecule has 138 valence electrons. The highest BCUT2D eigenvalue weighted by Crippen LogP contribution is 2.25. The topological polar surface area (TPSA) is 131 Å². The molecule has 0 bridgehead atoms. The van der Waals surface area contributed by atoms with E-state index in [-0.39, 0.29) is 11.3 Å². The van der Waals surface area contributed by atoms with Gasteiger partial charge in [-0.1, -0.05) is 18.2 Å². The number of hydrogen-bond donors (Lipinski definition) is 2. The van der Waals surface area contributed by atoms with Crippen LogP contribution in [0.4, 0.5) is 16.5 Å². The standard InChI is InChI=1S/C16H12N4O5S2/c21-15(18-16-17-8-9-26-16)11-4-3-5-12(10-11)19-27(24,25)14-7-2-1-6-13(14)20(22)23/h1-10,19H,(H,17,18,21). The molecule has 0 unspecified atom stereocenters. The van der Waals surface area contributed by atoms with E-state index in [1.54, 1.807) is 5.38 Å². The summed E-state index contributed by atoms with van der Waals surface area (Å²) in [5, 5.41) is 15.8. The second-order valence-electron chi connectivity index (χ2n) is 5.20. The van der Waals surface area contributed by atoms with Gasteiger partial charge in [-0.15, -0.1) is 11.3 Å². The van der Waals surface area contributed by atoms with Gasteiger partial charge in [0.2, 0.25) is 0 Å². The van der Waals surface area contributed by atoms with Crippen molar-refractivity contribution in [2.75, 3.05) is 10.0 Å². The molecule has 1 amide bonds. The van der Waals surface area contributed by atoms with Crippen LogP contribution in [-0.2, 0) is 10.0 Å². The van der Waals surface area contributed by atoms with Crippen molar-refractivity contribution < 1.29 is 18.1 Å². The smallest absolute Gasteiger partial charge is 0.289 e. The van der Waals surface area contributed by atoms with Gasteiger partial charge in [0.25, 0.3) is 21.6 Å². The number of nitro groups is 1. The molecule has 0 atom stereocenters. The lowest BCUT2D eigenvalue weighted by molar-refractivity contribution is -0.387. The molecule has 27 heavy (non-hydrogen) atoms. The Balaban J connectivity index is 1.86. The zero-order valence-electron chi connectivity index (χ0n) is 13.5. The van der Waals surface area contributed by atoms with Crippen molar-refractivity contribution in [2.45, 2.75) is 4.90 Å². The summed E-state index contributed by atoms with van der Waals surface area (Å²) < 4.78 is 27.3. The monoisotopic (exact) mass is 404 g/mol. The molecule has 2 aromatic carbocycles. The minimum Gasteiger partial charge on any atom is -0.298 e. The number of carbonyl (C=O) groups is 1. The fourth-order valence-electron chi connectivity index (χ4n) is 2.22. The molecule has 3 rings (SSSR count). The number of hydrogen-bond acceptors (Lipinski definition) is 7. The highest BCUT2D eigenvalue weighted by molar-refractivity contribution is 7.92. The van der Waals surface area contributed by atoms with Crippen LogP contribution >= 0.6 is 11.3 Å². The highest BCUT2D eigenvalue weighted by atomic mass is 32.2. The molecule has 9 nitrogen and oxygen atoms in total. The van der Waals surface area contributed by atoms with Crippen molar-refractivity contribution in [1.82, 2.24) is 4.98 Å². The van der Waals surface area contributed by atoms with Crippen LogP contribution in [-0.4, -0.2) is 24.2 Å². The summed E-state index contributed by atoms with van der Waals surface area (Å²) in [6.45, 7) is 0. The second kappa shape index (κ2) is 7.51. The number of benzene rings is 2. The third kappa shape index (κ3) is 4.27. The lowest BCUT2D eigenvalue weighted by Gasteiger charge is -2.09. The van der Waals surface area contributed by atoms with E-state index in [0.29, 0.717) is 5.13 Å². The van der Waals surface area contributed by atoms with Gasteiger partial charge in [0.1, 0.15) is 0 Å². The second-order valence-corrected chi connectivity index (χ2v) is 7.75. The molecule has 11 heteroatoms. The Kier molecular flexibility index (Phi) is 5.14. The predicted octanol–water partition coefficient (Wildman–Crippen LogP) is 3.10. The molecule has 0 radical (unpaired) electrons. The number of para-hydroxylation sites is 1. The Labute approximate surface area is 157 Å². The average Bonchev–Trinajstić information content (AvgIpc) is 3.14. The number of anilines is 2. The van der Waals surface area contributed by atoms with Crippen molar-refractivity contribution in [1.29, 1.82) is 0 Å². The zero-order chi connectivity index (χ0) is 19.4. The number of rotatable bonds is 6. The van der Waals surface area contributed by atoms with Gasteiger partial charge in [-0.2, -0.15) is 0 Å². The number of sulfonamides is 1. The molecule has 0 fully saturated rings. The maximum absolute atomic E-state index is 12.5. The summed E-state index contributed by atoms with van der Waals surface area (Å²) in [6, 6.07) is 10.8. The maximum Gasteiger partial charge on any atom is 0.289 e. The fourth-order valence-corrected chi connectivity index (χ4v) is 3.97. The molecule has 2 N–H and O–H groups in total. The molecule has 1 heterocycles. The molecule has 0 aliphatic rings. The molecule has 0 aliphatic heterocycles. The van der Waals surface area contributed by atoms with Gasteiger partial charge in [-0.25, -0.2) is 13.4 Å². The van der Waals surface area contributed by atoms with E-state index in [4.69, 9.17) is 0 Å². The summed E-state index contributed by atoms with van der Waals surface area (Å²) in [5.41, 5.74) is -0.240. The van der Waals surface area contributed by atoms with Crippen LogP contribution in [0.3, 0.4) is 0 Å². The first-order chi connectivity index (χ1) is 12.9. The van der Waals surface area contributed by atoms with E-state index in [1.165, 1.54) is 53.9 Å². The quantitative estimate of drug-likeness (QED) is 0.479. The summed E-state index contributed by atoms with van der Waals surface area (Å²) >= 11 is 1.24. The van der Waals surface area contributed by atoms with Crippen molar-refractivity contribution in [3.8, 4) is 0 Å². The zero-order valence-corrected chi connectivity index (χ0v) is 15.2. The molecule has 0 aliphatic carbocycles. The molecule has 3 aromatic rings. The Morgan fingerprint density at radius 2 is 1.93 bits per heavy atom. The van der Waals surface area contributed by atoms with Crippen molar-refractivity contribution in [3.63, 3.8) is 0 Å². The van der Waals surface area contributed by atoms with Crippen molar-refractivity contribution >= 4 is 43.8 Å². The van der Waals surface area contributed by atoms with Gasteiger partial charge in [0.05, 0.1) is 4.92 Å². The normalized spacial score (nSPS) is 11.0. The largest absolute Gasteiger partial charge is 0.298 e. The van der Waals surface area contributed by atoms with Gasteiger partial charge in [-0.05, 0) is 24.3 Å². The predicted molar refractivity (Wildman–Crippen MR) is 100 cm³/mol. The van der Waals surface area contributed by atoms with Crippen LogP contribution in [0.15, 0.2) is 65.0 Å². The van der Waals surface area contributed by atoms with E-state index >= 15 is 0 Å².